The van der Waals surface area contributed by atoms with Crippen LogP contribution in [0.25, 0.3) is 33.4 Å². The summed E-state index contributed by atoms with van der Waals surface area (Å²) in [6.07, 6.45) is 3.64. The predicted molar refractivity (Wildman–Crippen MR) is 115 cm³/mol. The third kappa shape index (κ3) is 3.74. The smallest absolute Gasteiger partial charge is 0.248 e. The van der Waals surface area contributed by atoms with E-state index in [1.54, 1.807) is 18.3 Å². The van der Waals surface area contributed by atoms with Crippen molar-refractivity contribution in [3.63, 3.8) is 0 Å². The molecule has 0 aliphatic carbocycles. The minimum Gasteiger partial charge on any atom is -0.366 e. The average molecular weight is 405 g/mol. The van der Waals surface area contributed by atoms with Crippen LogP contribution in [-0.4, -0.2) is 26.8 Å². The molecule has 146 valence electrons. The van der Waals surface area contributed by atoms with Crippen LogP contribution in [0, 0.1) is 5.92 Å². The lowest BCUT2D eigenvalue weighted by molar-refractivity contribution is -0.118. The number of rotatable bonds is 5. The normalized spacial score (nSPS) is 11.1. The molecule has 1 aromatic carbocycles. The molecule has 8 heteroatoms. The second-order valence-corrected chi connectivity index (χ2v) is 7.80. The van der Waals surface area contributed by atoms with Crippen molar-refractivity contribution in [2.24, 2.45) is 11.7 Å². The molecule has 29 heavy (non-hydrogen) atoms. The maximum absolute atomic E-state index is 11.9. The Morgan fingerprint density at radius 1 is 1.17 bits per heavy atom. The third-order valence-corrected chi connectivity index (χ3v) is 5.33. The van der Waals surface area contributed by atoms with Gasteiger partial charge in [0.15, 0.2) is 5.13 Å². The molecule has 2 amide bonds. The third-order valence-electron chi connectivity index (χ3n) is 4.57. The zero-order valence-electron chi connectivity index (χ0n) is 15.9. The monoisotopic (exact) mass is 405 g/mol. The summed E-state index contributed by atoms with van der Waals surface area (Å²) >= 11 is 1.39. The highest BCUT2D eigenvalue weighted by Gasteiger charge is 2.14. The molecule has 0 atom stereocenters. The molecule has 0 saturated heterocycles. The number of nitrogens with zero attached hydrogens (tertiary/aromatic N) is 2. The van der Waals surface area contributed by atoms with Crippen LogP contribution >= 0.6 is 11.3 Å². The standard InChI is InChI=1S/C21H19N5O2S/c1-11(2)20(28)26-21-25-17(10-29-21)16-9-24-19-15(16)7-14(8-23-19)12-3-5-13(6-4-12)18(22)27/h3-11H,1-2H3,(H2,22,27)(H,23,24)(H,25,26,28). The number of anilines is 1. The van der Waals surface area contributed by atoms with Crippen LogP contribution in [0.1, 0.15) is 24.2 Å². The van der Waals surface area contributed by atoms with Crippen LogP contribution < -0.4 is 11.1 Å². The summed E-state index contributed by atoms with van der Waals surface area (Å²) < 4.78 is 0. The van der Waals surface area contributed by atoms with Crippen molar-refractivity contribution < 1.29 is 9.59 Å². The number of nitrogens with two attached hydrogens (primary N) is 1. The predicted octanol–water partition coefficient (Wildman–Crippen LogP) is 4.05. The van der Waals surface area contributed by atoms with Crippen LogP contribution in [0.15, 0.2) is 48.1 Å². The Balaban J connectivity index is 1.68. The first-order valence-electron chi connectivity index (χ1n) is 9.06. The number of primary amides is 1. The Labute approximate surface area is 171 Å². The van der Waals surface area contributed by atoms with Gasteiger partial charge in [0.25, 0.3) is 0 Å². The lowest BCUT2D eigenvalue weighted by Gasteiger charge is -2.04. The molecule has 0 aliphatic rings. The first kappa shape index (κ1) is 18.8. The summed E-state index contributed by atoms with van der Waals surface area (Å²) in [6.45, 7) is 3.68. The Morgan fingerprint density at radius 2 is 1.93 bits per heavy atom. The van der Waals surface area contributed by atoms with Gasteiger partial charge in [-0.2, -0.15) is 0 Å². The van der Waals surface area contributed by atoms with Crippen molar-refractivity contribution in [3.8, 4) is 22.4 Å². The number of thiazole rings is 1. The fourth-order valence-electron chi connectivity index (χ4n) is 2.90. The second kappa shape index (κ2) is 7.48. The second-order valence-electron chi connectivity index (χ2n) is 6.95. The number of aromatic amines is 1. The van der Waals surface area contributed by atoms with Gasteiger partial charge >= 0.3 is 0 Å². The largest absolute Gasteiger partial charge is 0.366 e. The van der Waals surface area contributed by atoms with Gasteiger partial charge in [-0.25, -0.2) is 9.97 Å². The summed E-state index contributed by atoms with van der Waals surface area (Å²) in [4.78, 5) is 35.4. The van der Waals surface area contributed by atoms with Gasteiger partial charge in [-0.1, -0.05) is 26.0 Å². The molecule has 3 aromatic heterocycles. The van der Waals surface area contributed by atoms with Crippen LogP contribution in [0.4, 0.5) is 5.13 Å². The molecular weight excluding hydrogens is 386 g/mol. The molecule has 0 radical (unpaired) electrons. The van der Waals surface area contributed by atoms with Crippen molar-refractivity contribution in [1.82, 2.24) is 15.0 Å². The molecule has 4 rings (SSSR count). The number of pyridine rings is 1. The van der Waals surface area contributed by atoms with E-state index in [4.69, 9.17) is 5.73 Å². The maximum Gasteiger partial charge on any atom is 0.248 e. The summed E-state index contributed by atoms with van der Waals surface area (Å²) in [5.74, 6) is -0.627. The molecule has 0 unspecified atom stereocenters. The van der Waals surface area contributed by atoms with Crippen molar-refractivity contribution in [2.75, 3.05) is 5.32 Å². The van der Waals surface area contributed by atoms with Gasteiger partial charge in [0.05, 0.1) is 5.69 Å². The number of carbonyl (C=O) groups is 2. The average Bonchev–Trinajstić information content (AvgIpc) is 3.34. The van der Waals surface area contributed by atoms with Crippen molar-refractivity contribution in [2.45, 2.75) is 13.8 Å². The van der Waals surface area contributed by atoms with Gasteiger partial charge < -0.3 is 16.0 Å². The molecule has 0 spiro atoms. The Morgan fingerprint density at radius 3 is 2.62 bits per heavy atom. The van der Waals surface area contributed by atoms with Crippen LogP contribution in [0.5, 0.6) is 0 Å². The Kier molecular flexibility index (Phi) is 4.85. The van der Waals surface area contributed by atoms with Gasteiger partial charge in [-0.05, 0) is 23.8 Å². The SMILES string of the molecule is CC(C)C(=O)Nc1nc(-c2c[nH]c3ncc(-c4ccc(C(N)=O)cc4)cc23)cs1. The molecule has 0 bridgehead atoms. The van der Waals surface area contributed by atoms with Crippen LogP contribution in [0.2, 0.25) is 0 Å². The summed E-state index contributed by atoms with van der Waals surface area (Å²) in [7, 11) is 0. The minimum atomic E-state index is -0.457. The highest BCUT2D eigenvalue weighted by atomic mass is 32.1. The number of hydrogen-bond acceptors (Lipinski definition) is 5. The van der Waals surface area contributed by atoms with Crippen LogP contribution in [0.3, 0.4) is 0 Å². The number of aromatic nitrogens is 3. The molecule has 0 aliphatic heterocycles. The van der Waals surface area contributed by atoms with Gasteiger partial charge in [-0.15, -0.1) is 11.3 Å². The number of benzene rings is 1. The fraction of sp³-hybridized carbons (Fsp3) is 0.143. The highest BCUT2D eigenvalue weighted by molar-refractivity contribution is 7.14. The van der Waals surface area contributed by atoms with E-state index in [-0.39, 0.29) is 11.8 Å². The number of H-pyrrole nitrogens is 1. The van der Waals surface area contributed by atoms with Crippen LogP contribution in [-0.2, 0) is 4.79 Å². The van der Waals surface area contributed by atoms with Crippen molar-refractivity contribution in [1.29, 1.82) is 0 Å². The van der Waals surface area contributed by atoms with E-state index >= 15 is 0 Å². The molecule has 7 nitrogen and oxygen atoms in total. The molecule has 0 saturated carbocycles. The molecule has 4 aromatic rings. The first-order chi connectivity index (χ1) is 13.9. The lowest BCUT2D eigenvalue weighted by Crippen LogP contribution is -2.17. The number of amides is 2. The fourth-order valence-corrected chi connectivity index (χ4v) is 3.62. The number of carbonyl (C=O) groups excluding carboxylic acids is 2. The van der Waals surface area contributed by atoms with E-state index in [2.05, 4.69) is 20.3 Å². The maximum atomic E-state index is 11.9. The van der Waals surface area contributed by atoms with Crippen molar-refractivity contribution >= 4 is 39.3 Å². The van der Waals surface area contributed by atoms with Gasteiger partial charge in [0.2, 0.25) is 11.8 Å². The number of hydrogen-bond donors (Lipinski definition) is 3. The molecule has 4 N–H and O–H groups in total. The van der Waals surface area contributed by atoms with E-state index in [1.165, 1.54) is 11.3 Å². The molecular formula is C21H19N5O2S. The minimum absolute atomic E-state index is 0.0619. The zero-order valence-corrected chi connectivity index (χ0v) is 16.7. The number of nitrogens with one attached hydrogen (secondary N) is 2. The molecule has 0 fully saturated rings. The van der Waals surface area contributed by atoms with E-state index in [9.17, 15) is 9.59 Å². The van der Waals surface area contributed by atoms with Gasteiger partial charge in [-0.3, -0.25) is 9.59 Å². The van der Waals surface area contributed by atoms with E-state index < -0.39 is 5.91 Å². The summed E-state index contributed by atoms with van der Waals surface area (Å²) in [5, 5.41) is 6.23. The number of fused-ring (bicyclic) bond motifs is 1. The molecule has 3 heterocycles. The van der Waals surface area contributed by atoms with Gasteiger partial charge in [0, 0.05) is 45.8 Å². The Hall–Kier alpha value is -3.52. The lowest BCUT2D eigenvalue weighted by atomic mass is 10.0. The quantitative estimate of drug-likeness (QED) is 0.465. The first-order valence-corrected chi connectivity index (χ1v) is 9.94. The van der Waals surface area contributed by atoms with Crippen molar-refractivity contribution in [3.05, 3.63) is 53.7 Å². The topological polar surface area (TPSA) is 114 Å². The van der Waals surface area contributed by atoms with E-state index in [1.807, 2.05) is 43.6 Å². The van der Waals surface area contributed by atoms with E-state index in [0.717, 1.165) is 33.4 Å². The zero-order chi connectivity index (χ0) is 20.5. The van der Waals surface area contributed by atoms with Gasteiger partial charge in [0.1, 0.15) is 5.65 Å². The Bertz CT molecular complexity index is 1210. The summed E-state index contributed by atoms with van der Waals surface area (Å²) in [5.41, 5.74) is 10.0. The summed E-state index contributed by atoms with van der Waals surface area (Å²) in [6, 6.07) is 9.11. The van der Waals surface area contributed by atoms with E-state index in [0.29, 0.717) is 10.7 Å². The highest BCUT2D eigenvalue weighted by Crippen LogP contribution is 2.33.